The quantitative estimate of drug-likeness (QED) is 0.888. The fourth-order valence-electron chi connectivity index (χ4n) is 2.66. The highest BCUT2D eigenvalue weighted by molar-refractivity contribution is 9.10. The SMILES string of the molecule is CSC1(CNC2CCCOc3cc(Br)ccc32)CC1. The van der Waals surface area contributed by atoms with E-state index in [9.17, 15) is 0 Å². The molecule has 1 atom stereocenters. The molecule has 1 aromatic rings. The van der Waals surface area contributed by atoms with E-state index in [4.69, 9.17) is 4.74 Å². The summed E-state index contributed by atoms with van der Waals surface area (Å²) in [6.45, 7) is 1.95. The topological polar surface area (TPSA) is 21.3 Å². The van der Waals surface area contributed by atoms with Crippen LogP contribution in [0.25, 0.3) is 0 Å². The largest absolute Gasteiger partial charge is 0.493 e. The number of hydrogen-bond donors (Lipinski definition) is 1. The number of thioether (sulfide) groups is 1. The van der Waals surface area contributed by atoms with Gasteiger partial charge in [0.2, 0.25) is 0 Å². The first-order valence-electron chi connectivity index (χ1n) is 6.93. The second kappa shape index (κ2) is 5.66. The third kappa shape index (κ3) is 3.11. The Morgan fingerprint density at radius 2 is 2.32 bits per heavy atom. The lowest BCUT2D eigenvalue weighted by Crippen LogP contribution is -2.29. The molecule has 1 fully saturated rings. The summed E-state index contributed by atoms with van der Waals surface area (Å²) in [6, 6.07) is 6.84. The van der Waals surface area contributed by atoms with Crippen molar-refractivity contribution in [2.24, 2.45) is 0 Å². The van der Waals surface area contributed by atoms with Gasteiger partial charge in [0.15, 0.2) is 0 Å². The normalized spacial score (nSPS) is 24.2. The number of ether oxygens (including phenoxy) is 1. The molecule has 0 bridgehead atoms. The van der Waals surface area contributed by atoms with Crippen LogP contribution in [0.1, 0.15) is 37.3 Å². The first kappa shape index (κ1) is 13.8. The molecule has 1 unspecified atom stereocenters. The Balaban J connectivity index is 1.74. The summed E-state index contributed by atoms with van der Waals surface area (Å²) in [6.07, 6.45) is 7.24. The summed E-state index contributed by atoms with van der Waals surface area (Å²) in [5.41, 5.74) is 1.32. The van der Waals surface area contributed by atoms with E-state index in [0.29, 0.717) is 10.8 Å². The van der Waals surface area contributed by atoms with Crippen LogP contribution in [-0.4, -0.2) is 24.2 Å². The zero-order valence-corrected chi connectivity index (χ0v) is 13.6. The van der Waals surface area contributed by atoms with Crippen molar-refractivity contribution in [2.75, 3.05) is 19.4 Å². The number of hydrogen-bond acceptors (Lipinski definition) is 3. The highest BCUT2D eigenvalue weighted by atomic mass is 79.9. The Bertz CT molecular complexity index is 461. The maximum absolute atomic E-state index is 5.86. The average Bonchev–Trinajstić information content (AvgIpc) is 3.20. The van der Waals surface area contributed by atoms with Crippen LogP contribution in [-0.2, 0) is 0 Å². The van der Waals surface area contributed by atoms with Gasteiger partial charge in [-0.2, -0.15) is 11.8 Å². The molecule has 0 amide bonds. The zero-order chi connectivity index (χ0) is 13.3. The Morgan fingerprint density at radius 1 is 1.47 bits per heavy atom. The van der Waals surface area contributed by atoms with Crippen molar-refractivity contribution < 1.29 is 4.74 Å². The molecule has 1 saturated carbocycles. The fraction of sp³-hybridized carbons (Fsp3) is 0.600. The summed E-state index contributed by atoms with van der Waals surface area (Å²) in [4.78, 5) is 0. The third-order valence-electron chi connectivity index (χ3n) is 4.16. The molecule has 0 radical (unpaired) electrons. The minimum atomic E-state index is 0.440. The number of halogens is 1. The van der Waals surface area contributed by atoms with Crippen molar-refractivity contribution in [3.05, 3.63) is 28.2 Å². The highest BCUT2D eigenvalue weighted by Crippen LogP contribution is 2.47. The second-order valence-electron chi connectivity index (χ2n) is 5.49. The van der Waals surface area contributed by atoms with E-state index in [1.807, 2.05) is 11.8 Å². The third-order valence-corrected chi connectivity index (χ3v) is 6.07. The van der Waals surface area contributed by atoms with Gasteiger partial charge in [-0.25, -0.2) is 0 Å². The molecule has 1 aliphatic carbocycles. The van der Waals surface area contributed by atoms with Crippen molar-refractivity contribution >= 4 is 27.7 Å². The minimum absolute atomic E-state index is 0.440. The Morgan fingerprint density at radius 3 is 3.05 bits per heavy atom. The van der Waals surface area contributed by atoms with E-state index in [1.165, 1.54) is 24.8 Å². The summed E-state index contributed by atoms with van der Waals surface area (Å²) >= 11 is 5.54. The Labute approximate surface area is 127 Å². The van der Waals surface area contributed by atoms with Crippen molar-refractivity contribution in [1.29, 1.82) is 0 Å². The molecular formula is C15H20BrNOS. The van der Waals surface area contributed by atoms with Crippen molar-refractivity contribution in [3.8, 4) is 5.75 Å². The molecule has 0 aromatic heterocycles. The fourth-order valence-corrected chi connectivity index (χ4v) is 3.74. The van der Waals surface area contributed by atoms with E-state index in [1.54, 1.807) is 0 Å². The van der Waals surface area contributed by atoms with Gasteiger partial charge in [-0.3, -0.25) is 0 Å². The lowest BCUT2D eigenvalue weighted by molar-refractivity contribution is 0.315. The van der Waals surface area contributed by atoms with Gasteiger partial charge >= 0.3 is 0 Å². The van der Waals surface area contributed by atoms with Gasteiger partial charge in [-0.1, -0.05) is 22.0 Å². The van der Waals surface area contributed by atoms with Gasteiger partial charge in [0, 0.05) is 27.4 Å². The van der Waals surface area contributed by atoms with Gasteiger partial charge < -0.3 is 10.1 Å². The molecular weight excluding hydrogens is 322 g/mol. The monoisotopic (exact) mass is 341 g/mol. The van der Waals surface area contributed by atoms with E-state index in [0.717, 1.165) is 29.8 Å². The van der Waals surface area contributed by atoms with Crippen LogP contribution in [0.2, 0.25) is 0 Å². The highest BCUT2D eigenvalue weighted by Gasteiger charge is 2.42. The van der Waals surface area contributed by atoms with Gasteiger partial charge in [-0.15, -0.1) is 0 Å². The molecule has 2 aliphatic rings. The number of fused-ring (bicyclic) bond motifs is 1. The number of rotatable bonds is 4. The van der Waals surface area contributed by atoms with Gasteiger partial charge in [0.1, 0.15) is 5.75 Å². The number of benzene rings is 1. The molecule has 19 heavy (non-hydrogen) atoms. The standard InChI is InChI=1S/C15H20BrNOS/c1-19-15(6-7-15)10-17-13-3-2-8-18-14-9-11(16)4-5-12(13)14/h4-5,9,13,17H,2-3,6-8,10H2,1H3. The van der Waals surface area contributed by atoms with Crippen LogP contribution < -0.4 is 10.1 Å². The molecule has 0 spiro atoms. The number of nitrogens with one attached hydrogen (secondary N) is 1. The maximum Gasteiger partial charge on any atom is 0.125 e. The molecule has 3 rings (SSSR count). The zero-order valence-electron chi connectivity index (χ0n) is 11.2. The lowest BCUT2D eigenvalue weighted by atomic mass is 10.0. The van der Waals surface area contributed by atoms with Gasteiger partial charge in [0.25, 0.3) is 0 Å². The molecule has 104 valence electrons. The summed E-state index contributed by atoms with van der Waals surface area (Å²) in [5, 5.41) is 3.77. The Kier molecular flexibility index (Phi) is 4.11. The van der Waals surface area contributed by atoms with Gasteiger partial charge in [0.05, 0.1) is 6.61 Å². The average molecular weight is 342 g/mol. The second-order valence-corrected chi connectivity index (χ2v) is 7.68. The Hall–Kier alpha value is -0.190. The van der Waals surface area contributed by atoms with Crippen LogP contribution in [0.3, 0.4) is 0 Å². The van der Waals surface area contributed by atoms with E-state index >= 15 is 0 Å². The minimum Gasteiger partial charge on any atom is -0.493 e. The predicted octanol–water partition coefficient (Wildman–Crippen LogP) is 4.15. The molecule has 1 N–H and O–H groups in total. The molecule has 1 aliphatic heterocycles. The van der Waals surface area contributed by atoms with Crippen molar-refractivity contribution in [3.63, 3.8) is 0 Å². The molecule has 1 aromatic carbocycles. The van der Waals surface area contributed by atoms with Crippen molar-refractivity contribution in [2.45, 2.75) is 36.5 Å². The van der Waals surface area contributed by atoms with Crippen LogP contribution in [0.15, 0.2) is 22.7 Å². The lowest BCUT2D eigenvalue weighted by Gasteiger charge is -2.22. The smallest absolute Gasteiger partial charge is 0.125 e. The summed E-state index contributed by atoms with van der Waals surface area (Å²) < 4.78 is 7.47. The molecule has 0 saturated heterocycles. The van der Waals surface area contributed by atoms with Crippen LogP contribution in [0.5, 0.6) is 5.75 Å². The summed E-state index contributed by atoms with van der Waals surface area (Å²) in [7, 11) is 0. The molecule has 2 nitrogen and oxygen atoms in total. The first-order valence-corrected chi connectivity index (χ1v) is 8.95. The predicted molar refractivity (Wildman–Crippen MR) is 85.1 cm³/mol. The molecule has 1 heterocycles. The van der Waals surface area contributed by atoms with Crippen molar-refractivity contribution in [1.82, 2.24) is 5.32 Å². The summed E-state index contributed by atoms with van der Waals surface area (Å²) in [5.74, 6) is 1.04. The van der Waals surface area contributed by atoms with E-state index in [-0.39, 0.29) is 0 Å². The van der Waals surface area contributed by atoms with E-state index < -0.39 is 0 Å². The van der Waals surface area contributed by atoms with Gasteiger partial charge in [-0.05, 0) is 44.1 Å². The van der Waals surface area contributed by atoms with Crippen LogP contribution in [0, 0.1) is 0 Å². The first-order chi connectivity index (χ1) is 9.22. The molecule has 4 heteroatoms. The van der Waals surface area contributed by atoms with E-state index in [2.05, 4.69) is 45.7 Å². The van der Waals surface area contributed by atoms with Crippen LogP contribution in [0.4, 0.5) is 0 Å². The maximum atomic E-state index is 5.86. The van der Waals surface area contributed by atoms with Crippen LogP contribution >= 0.6 is 27.7 Å².